The molecular weight excluding hydrogens is 328 g/mol. The van der Waals surface area contributed by atoms with E-state index in [-0.39, 0.29) is 30.5 Å². The van der Waals surface area contributed by atoms with Gasteiger partial charge in [-0.25, -0.2) is 0 Å². The molecule has 0 saturated carbocycles. The summed E-state index contributed by atoms with van der Waals surface area (Å²) in [6, 6.07) is 16.8. The van der Waals surface area contributed by atoms with Crippen LogP contribution in [-0.2, 0) is 9.59 Å². The van der Waals surface area contributed by atoms with Crippen LogP contribution in [0.15, 0.2) is 54.6 Å². The van der Waals surface area contributed by atoms with Crippen LogP contribution in [0.5, 0.6) is 5.75 Å². The fourth-order valence-corrected chi connectivity index (χ4v) is 2.66. The first-order chi connectivity index (χ1) is 12.4. The van der Waals surface area contributed by atoms with Crippen LogP contribution in [0.4, 0.5) is 5.69 Å². The molecule has 1 N–H and O–H groups in total. The van der Waals surface area contributed by atoms with E-state index in [2.05, 4.69) is 5.32 Å². The summed E-state index contributed by atoms with van der Waals surface area (Å²) >= 11 is 0. The van der Waals surface area contributed by atoms with E-state index >= 15 is 0 Å². The fraction of sp³-hybridized carbons (Fsp3) is 0.333. The molecule has 0 bridgehead atoms. The van der Waals surface area contributed by atoms with Crippen molar-refractivity contribution >= 4 is 17.5 Å². The number of hydrogen-bond donors (Lipinski definition) is 1. The third-order valence-electron chi connectivity index (χ3n) is 3.88. The van der Waals surface area contributed by atoms with Crippen molar-refractivity contribution in [2.24, 2.45) is 0 Å². The molecule has 5 heteroatoms. The normalized spacial score (nSPS) is 11.7. The van der Waals surface area contributed by atoms with Gasteiger partial charge in [0.1, 0.15) is 12.3 Å². The molecule has 0 heterocycles. The molecule has 1 atom stereocenters. The van der Waals surface area contributed by atoms with Crippen LogP contribution < -0.4 is 15.0 Å². The zero-order valence-electron chi connectivity index (χ0n) is 15.7. The van der Waals surface area contributed by atoms with Crippen molar-refractivity contribution in [3.63, 3.8) is 0 Å². The lowest BCUT2D eigenvalue weighted by Gasteiger charge is -2.25. The Morgan fingerprint density at radius 3 is 2.23 bits per heavy atom. The van der Waals surface area contributed by atoms with Crippen LogP contribution in [-0.4, -0.2) is 24.5 Å². The van der Waals surface area contributed by atoms with Gasteiger partial charge in [-0.15, -0.1) is 0 Å². The predicted octanol–water partition coefficient (Wildman–Crippen LogP) is 3.70. The Bertz CT molecular complexity index is 744. The van der Waals surface area contributed by atoms with E-state index in [1.807, 2.05) is 63.2 Å². The van der Waals surface area contributed by atoms with E-state index in [0.717, 1.165) is 5.56 Å². The van der Waals surface area contributed by atoms with Crippen LogP contribution in [0.3, 0.4) is 0 Å². The lowest BCUT2D eigenvalue weighted by molar-refractivity contribution is -0.123. The highest BCUT2D eigenvalue weighted by molar-refractivity contribution is 5.98. The number of para-hydroxylation sites is 2. The third kappa shape index (κ3) is 5.34. The molecule has 26 heavy (non-hydrogen) atoms. The van der Waals surface area contributed by atoms with Gasteiger partial charge in [0.25, 0.3) is 0 Å². The minimum atomic E-state index is -0.226. The van der Waals surface area contributed by atoms with Crippen molar-refractivity contribution in [3.05, 3.63) is 60.2 Å². The molecule has 0 radical (unpaired) electrons. The maximum Gasteiger partial charge on any atom is 0.240 e. The van der Waals surface area contributed by atoms with Gasteiger partial charge in [-0.1, -0.05) is 42.5 Å². The van der Waals surface area contributed by atoms with Crippen LogP contribution in [0, 0.1) is 0 Å². The lowest BCUT2D eigenvalue weighted by atomic mass is 10.1. The molecule has 0 aliphatic carbocycles. The molecule has 0 aliphatic heterocycles. The highest BCUT2D eigenvalue weighted by Crippen LogP contribution is 2.29. The van der Waals surface area contributed by atoms with Crippen LogP contribution in [0.25, 0.3) is 0 Å². The number of anilines is 1. The number of carbonyl (C=O) groups excluding carboxylic acids is 2. The summed E-state index contributed by atoms with van der Waals surface area (Å²) in [6.45, 7) is 7.14. The van der Waals surface area contributed by atoms with Crippen molar-refractivity contribution in [3.8, 4) is 5.75 Å². The monoisotopic (exact) mass is 354 g/mol. The second kappa shape index (κ2) is 9.04. The van der Waals surface area contributed by atoms with E-state index in [0.29, 0.717) is 11.4 Å². The van der Waals surface area contributed by atoms with Crippen molar-refractivity contribution in [1.82, 2.24) is 5.32 Å². The summed E-state index contributed by atoms with van der Waals surface area (Å²) in [4.78, 5) is 26.1. The number of nitrogens with zero attached hydrogens (tertiary/aromatic N) is 1. The van der Waals surface area contributed by atoms with Crippen LogP contribution in [0.2, 0.25) is 0 Å². The molecule has 0 aliphatic rings. The van der Waals surface area contributed by atoms with Crippen molar-refractivity contribution in [2.45, 2.75) is 39.8 Å². The summed E-state index contributed by atoms with van der Waals surface area (Å²) in [5, 5.41) is 2.94. The highest BCUT2D eigenvalue weighted by Gasteiger charge is 2.21. The van der Waals surface area contributed by atoms with Gasteiger partial charge >= 0.3 is 0 Å². The number of benzene rings is 2. The van der Waals surface area contributed by atoms with Gasteiger partial charge in [-0.3, -0.25) is 14.5 Å². The Morgan fingerprint density at radius 2 is 1.62 bits per heavy atom. The number of hydrogen-bond acceptors (Lipinski definition) is 3. The Hall–Kier alpha value is -2.82. The molecule has 2 aromatic rings. The molecule has 138 valence electrons. The van der Waals surface area contributed by atoms with E-state index in [1.54, 1.807) is 12.1 Å². The molecule has 0 saturated heterocycles. The molecule has 0 spiro atoms. The Labute approximate surface area is 155 Å². The van der Waals surface area contributed by atoms with E-state index in [4.69, 9.17) is 4.74 Å². The predicted molar refractivity (Wildman–Crippen MR) is 103 cm³/mol. The Morgan fingerprint density at radius 1 is 1.00 bits per heavy atom. The zero-order chi connectivity index (χ0) is 19.1. The van der Waals surface area contributed by atoms with Crippen LogP contribution >= 0.6 is 0 Å². The van der Waals surface area contributed by atoms with Gasteiger partial charge in [-0.2, -0.15) is 0 Å². The van der Waals surface area contributed by atoms with Gasteiger partial charge in [0, 0.05) is 6.92 Å². The molecule has 2 amide bonds. The minimum Gasteiger partial charge on any atom is -0.489 e. The minimum absolute atomic E-state index is 0.0307. The second-order valence-corrected chi connectivity index (χ2v) is 6.44. The molecule has 0 fully saturated rings. The van der Waals surface area contributed by atoms with Gasteiger partial charge in [0.2, 0.25) is 11.8 Å². The Balaban J connectivity index is 2.14. The highest BCUT2D eigenvalue weighted by atomic mass is 16.5. The summed E-state index contributed by atoms with van der Waals surface area (Å²) in [5.41, 5.74) is 1.61. The van der Waals surface area contributed by atoms with Gasteiger partial charge < -0.3 is 10.1 Å². The first-order valence-corrected chi connectivity index (χ1v) is 8.76. The maximum atomic E-state index is 12.5. The smallest absolute Gasteiger partial charge is 0.240 e. The number of rotatable bonds is 7. The van der Waals surface area contributed by atoms with Crippen molar-refractivity contribution in [1.29, 1.82) is 0 Å². The molecule has 5 nitrogen and oxygen atoms in total. The summed E-state index contributed by atoms with van der Waals surface area (Å²) in [6.07, 6.45) is -0.0307. The second-order valence-electron chi connectivity index (χ2n) is 6.44. The summed E-state index contributed by atoms with van der Waals surface area (Å²) in [7, 11) is 0. The number of ether oxygens (including phenoxy) is 1. The molecule has 2 aromatic carbocycles. The molecule has 2 rings (SSSR count). The van der Waals surface area contributed by atoms with Crippen molar-refractivity contribution in [2.75, 3.05) is 11.4 Å². The zero-order valence-corrected chi connectivity index (χ0v) is 15.7. The van der Waals surface area contributed by atoms with Gasteiger partial charge in [0.05, 0.1) is 17.8 Å². The molecule has 1 unspecified atom stereocenters. The summed E-state index contributed by atoms with van der Waals surface area (Å²) in [5.74, 6) is 0.143. The number of nitrogens with one attached hydrogen (secondary N) is 1. The van der Waals surface area contributed by atoms with Gasteiger partial charge in [-0.05, 0) is 38.5 Å². The molecular formula is C21H26N2O3. The number of amides is 2. The number of carbonyl (C=O) groups is 2. The lowest BCUT2D eigenvalue weighted by Crippen LogP contribution is -2.40. The van der Waals surface area contributed by atoms with E-state index < -0.39 is 0 Å². The van der Waals surface area contributed by atoms with Crippen molar-refractivity contribution < 1.29 is 14.3 Å². The first kappa shape index (κ1) is 19.5. The summed E-state index contributed by atoms with van der Waals surface area (Å²) < 4.78 is 5.78. The first-order valence-electron chi connectivity index (χ1n) is 8.76. The average Bonchev–Trinajstić information content (AvgIpc) is 2.60. The van der Waals surface area contributed by atoms with Gasteiger partial charge in [0.15, 0.2) is 0 Å². The standard InChI is InChI=1S/C21H26N2O3/c1-15(2)26-20-13-9-8-12-19(20)23(17(4)24)14-21(25)22-16(3)18-10-6-5-7-11-18/h5-13,15-16H,14H2,1-4H3,(H,22,25). The SMILES string of the molecule is CC(=O)N(CC(=O)NC(C)c1ccccc1)c1ccccc1OC(C)C. The van der Waals surface area contributed by atoms with E-state index in [9.17, 15) is 9.59 Å². The van der Waals surface area contributed by atoms with Crippen LogP contribution in [0.1, 0.15) is 39.3 Å². The topological polar surface area (TPSA) is 58.6 Å². The van der Waals surface area contributed by atoms with E-state index in [1.165, 1.54) is 11.8 Å². The quantitative estimate of drug-likeness (QED) is 0.825. The maximum absolute atomic E-state index is 12.5. The molecule has 0 aromatic heterocycles. The average molecular weight is 354 g/mol. The Kier molecular flexibility index (Phi) is 6.78. The fourth-order valence-electron chi connectivity index (χ4n) is 2.66. The third-order valence-corrected chi connectivity index (χ3v) is 3.88. The largest absolute Gasteiger partial charge is 0.489 e.